The van der Waals surface area contributed by atoms with E-state index in [0.29, 0.717) is 34.2 Å². The van der Waals surface area contributed by atoms with Gasteiger partial charge in [0.2, 0.25) is 5.95 Å². The van der Waals surface area contributed by atoms with Gasteiger partial charge in [-0.15, -0.1) is 13.2 Å². The van der Waals surface area contributed by atoms with Crippen LogP contribution in [0.4, 0.5) is 30.5 Å². The summed E-state index contributed by atoms with van der Waals surface area (Å²) in [6, 6.07) is 19.9. The maximum Gasteiger partial charge on any atom is 0.573 e. The zero-order chi connectivity index (χ0) is 25.9. The van der Waals surface area contributed by atoms with E-state index in [9.17, 15) is 18.0 Å². The molecule has 0 radical (unpaired) electrons. The van der Waals surface area contributed by atoms with E-state index in [4.69, 9.17) is 0 Å². The van der Waals surface area contributed by atoms with Gasteiger partial charge in [0.05, 0.1) is 5.69 Å². The van der Waals surface area contributed by atoms with Gasteiger partial charge in [0.25, 0.3) is 5.91 Å². The number of nitrogens with one attached hydrogen (secondary N) is 2. The summed E-state index contributed by atoms with van der Waals surface area (Å²) in [4.78, 5) is 21.6. The average Bonchev–Trinajstić information content (AvgIpc) is 2.81. The molecule has 0 unspecified atom stereocenters. The highest BCUT2D eigenvalue weighted by atomic mass is 19.4. The number of rotatable bonds is 6. The van der Waals surface area contributed by atoms with E-state index in [-0.39, 0.29) is 11.7 Å². The molecule has 184 valence electrons. The van der Waals surface area contributed by atoms with Crippen LogP contribution in [0.15, 0.2) is 72.8 Å². The van der Waals surface area contributed by atoms with Gasteiger partial charge in [-0.2, -0.15) is 0 Å². The molecule has 0 aliphatic rings. The predicted octanol–water partition coefficient (Wildman–Crippen LogP) is 6.96. The molecule has 1 aromatic heterocycles. The fraction of sp³-hybridized carbons (Fsp3) is 0.148. The number of hydrogen-bond acceptors (Lipinski definition) is 5. The first kappa shape index (κ1) is 24.7. The third kappa shape index (κ3) is 6.18. The fourth-order valence-corrected chi connectivity index (χ4v) is 3.63. The van der Waals surface area contributed by atoms with Crippen LogP contribution in [0.25, 0.3) is 11.3 Å². The second-order valence-electron chi connectivity index (χ2n) is 8.21. The molecule has 4 rings (SSSR count). The van der Waals surface area contributed by atoms with Gasteiger partial charge in [-0.05, 0) is 86.5 Å². The molecule has 36 heavy (non-hydrogen) atoms. The molecule has 0 atom stereocenters. The van der Waals surface area contributed by atoms with Gasteiger partial charge in [0, 0.05) is 28.2 Å². The van der Waals surface area contributed by atoms with Crippen LogP contribution in [0.1, 0.15) is 27.2 Å². The number of aromatic nitrogens is 2. The van der Waals surface area contributed by atoms with Gasteiger partial charge < -0.3 is 15.4 Å². The number of amides is 1. The molecule has 0 saturated heterocycles. The van der Waals surface area contributed by atoms with E-state index < -0.39 is 6.36 Å². The van der Waals surface area contributed by atoms with Crippen LogP contribution in [0.3, 0.4) is 0 Å². The van der Waals surface area contributed by atoms with Crippen LogP contribution < -0.4 is 15.4 Å². The SMILES string of the molecule is Cc1cc(-c2ccc(OC(F)(F)F)cc2)nc(Nc2ccc(C(=O)Nc3c(C)cccc3C)cc2)n1. The number of hydrogen-bond donors (Lipinski definition) is 2. The monoisotopic (exact) mass is 492 g/mol. The first-order valence-electron chi connectivity index (χ1n) is 11.0. The van der Waals surface area contributed by atoms with Gasteiger partial charge in [0.15, 0.2) is 0 Å². The summed E-state index contributed by atoms with van der Waals surface area (Å²) < 4.78 is 41.1. The summed E-state index contributed by atoms with van der Waals surface area (Å²) >= 11 is 0. The van der Waals surface area contributed by atoms with Gasteiger partial charge >= 0.3 is 6.36 Å². The van der Waals surface area contributed by atoms with E-state index >= 15 is 0 Å². The number of alkyl halides is 3. The van der Waals surface area contributed by atoms with Crippen LogP contribution in [-0.2, 0) is 0 Å². The van der Waals surface area contributed by atoms with Gasteiger partial charge in [-0.3, -0.25) is 4.79 Å². The van der Waals surface area contributed by atoms with Crippen LogP contribution in [0.5, 0.6) is 5.75 Å². The van der Waals surface area contributed by atoms with Crippen molar-refractivity contribution in [3.63, 3.8) is 0 Å². The quantitative estimate of drug-likeness (QED) is 0.304. The number of benzene rings is 3. The number of carbonyl (C=O) groups excluding carboxylic acids is 1. The molecule has 9 heteroatoms. The van der Waals surface area contributed by atoms with Crippen molar-refractivity contribution in [3.05, 3.63) is 95.2 Å². The lowest BCUT2D eigenvalue weighted by Crippen LogP contribution is -2.16. The Morgan fingerprint density at radius 1 is 0.861 bits per heavy atom. The van der Waals surface area contributed by atoms with E-state index in [0.717, 1.165) is 16.8 Å². The molecule has 0 aliphatic heterocycles. The minimum Gasteiger partial charge on any atom is -0.406 e. The standard InChI is InChI=1S/C27H23F3N4O2/c1-16-5-4-6-17(2)24(16)34-25(35)20-7-11-21(12-8-20)32-26-31-18(3)15-23(33-26)19-9-13-22(14-10-19)36-27(28,29)30/h4-15H,1-3H3,(H,34,35)(H,31,32,33). The molecule has 6 nitrogen and oxygen atoms in total. The topological polar surface area (TPSA) is 76.1 Å². The molecule has 0 bridgehead atoms. The van der Waals surface area contributed by atoms with E-state index in [1.54, 1.807) is 37.3 Å². The minimum atomic E-state index is -4.75. The lowest BCUT2D eigenvalue weighted by molar-refractivity contribution is -0.274. The number of para-hydroxylation sites is 1. The lowest BCUT2D eigenvalue weighted by Gasteiger charge is -2.12. The lowest BCUT2D eigenvalue weighted by atomic mass is 10.1. The summed E-state index contributed by atoms with van der Waals surface area (Å²) in [5.41, 5.74) is 5.74. The van der Waals surface area contributed by atoms with Gasteiger partial charge in [-0.1, -0.05) is 18.2 Å². The molecule has 0 fully saturated rings. The number of halogens is 3. The van der Waals surface area contributed by atoms with Crippen molar-refractivity contribution in [1.82, 2.24) is 9.97 Å². The normalized spacial score (nSPS) is 11.2. The highest BCUT2D eigenvalue weighted by Gasteiger charge is 2.31. The van der Waals surface area contributed by atoms with Crippen LogP contribution in [0, 0.1) is 20.8 Å². The largest absolute Gasteiger partial charge is 0.573 e. The maximum atomic E-state index is 12.7. The third-order valence-corrected chi connectivity index (χ3v) is 5.36. The Labute approximate surface area is 206 Å². The maximum absolute atomic E-state index is 12.7. The Bertz CT molecular complexity index is 1370. The second kappa shape index (κ2) is 10.1. The Morgan fingerprint density at radius 3 is 2.11 bits per heavy atom. The highest BCUT2D eigenvalue weighted by Crippen LogP contribution is 2.27. The number of carbonyl (C=O) groups is 1. The predicted molar refractivity (Wildman–Crippen MR) is 132 cm³/mol. The number of ether oxygens (including phenoxy) is 1. The molecule has 0 aliphatic carbocycles. The van der Waals surface area contributed by atoms with E-state index in [2.05, 4.69) is 25.3 Å². The van der Waals surface area contributed by atoms with Gasteiger partial charge in [0.1, 0.15) is 5.75 Å². The Balaban J connectivity index is 1.47. The van der Waals surface area contributed by atoms with Crippen molar-refractivity contribution in [1.29, 1.82) is 0 Å². The summed E-state index contributed by atoms with van der Waals surface area (Å²) in [5, 5.41) is 6.06. The molecular formula is C27H23F3N4O2. The molecule has 0 saturated carbocycles. The Hall–Kier alpha value is -4.40. The molecule has 0 spiro atoms. The second-order valence-corrected chi connectivity index (χ2v) is 8.21. The van der Waals surface area contributed by atoms with Crippen molar-refractivity contribution in [2.24, 2.45) is 0 Å². The number of nitrogens with zero attached hydrogens (tertiary/aromatic N) is 2. The number of aryl methyl sites for hydroxylation is 3. The molecule has 1 heterocycles. The van der Waals surface area contributed by atoms with E-state index in [1.807, 2.05) is 32.0 Å². The zero-order valence-corrected chi connectivity index (χ0v) is 19.8. The third-order valence-electron chi connectivity index (χ3n) is 5.36. The molecule has 2 N–H and O–H groups in total. The summed E-state index contributed by atoms with van der Waals surface area (Å²) in [7, 11) is 0. The van der Waals surface area contributed by atoms with Crippen LogP contribution in [0.2, 0.25) is 0 Å². The number of anilines is 3. The first-order valence-corrected chi connectivity index (χ1v) is 11.0. The zero-order valence-electron chi connectivity index (χ0n) is 19.8. The molecule has 3 aromatic carbocycles. The van der Waals surface area contributed by atoms with Crippen LogP contribution in [-0.4, -0.2) is 22.2 Å². The van der Waals surface area contributed by atoms with Gasteiger partial charge in [-0.25, -0.2) is 9.97 Å². The molecule has 4 aromatic rings. The van der Waals surface area contributed by atoms with Crippen molar-refractivity contribution in [2.75, 3.05) is 10.6 Å². The molecular weight excluding hydrogens is 469 g/mol. The van der Waals surface area contributed by atoms with Crippen molar-refractivity contribution in [2.45, 2.75) is 27.1 Å². The van der Waals surface area contributed by atoms with Crippen molar-refractivity contribution < 1.29 is 22.7 Å². The highest BCUT2D eigenvalue weighted by molar-refractivity contribution is 6.05. The Kier molecular flexibility index (Phi) is 6.91. The average molecular weight is 493 g/mol. The summed E-state index contributed by atoms with van der Waals surface area (Å²) in [5.74, 6) is -0.212. The van der Waals surface area contributed by atoms with Crippen molar-refractivity contribution in [3.8, 4) is 17.0 Å². The Morgan fingerprint density at radius 2 is 1.50 bits per heavy atom. The fourth-order valence-electron chi connectivity index (χ4n) is 3.63. The molecule has 1 amide bonds. The van der Waals surface area contributed by atoms with Crippen LogP contribution >= 0.6 is 0 Å². The minimum absolute atomic E-state index is 0.217. The van der Waals surface area contributed by atoms with E-state index in [1.165, 1.54) is 24.3 Å². The van der Waals surface area contributed by atoms with Crippen molar-refractivity contribution >= 4 is 23.2 Å². The smallest absolute Gasteiger partial charge is 0.406 e. The summed E-state index contributed by atoms with van der Waals surface area (Å²) in [6.07, 6.45) is -4.75. The first-order chi connectivity index (χ1) is 17.1. The summed E-state index contributed by atoms with van der Waals surface area (Å²) in [6.45, 7) is 5.67.